The highest BCUT2D eigenvalue weighted by molar-refractivity contribution is 7.99. The van der Waals surface area contributed by atoms with E-state index in [1.165, 1.54) is 16.4 Å². The average Bonchev–Trinajstić information content (AvgIpc) is 3.48. The molecule has 1 fully saturated rings. The van der Waals surface area contributed by atoms with Gasteiger partial charge in [0.2, 0.25) is 6.29 Å². The van der Waals surface area contributed by atoms with E-state index in [0.717, 1.165) is 72.9 Å². The van der Waals surface area contributed by atoms with Gasteiger partial charge in [-0.05, 0) is 73.5 Å². The van der Waals surface area contributed by atoms with Gasteiger partial charge in [-0.25, -0.2) is 4.98 Å². The largest absolute Gasteiger partial charge is 0.455 e. The summed E-state index contributed by atoms with van der Waals surface area (Å²) in [6.07, 6.45) is 6.95. The van der Waals surface area contributed by atoms with Gasteiger partial charge in [-0.1, -0.05) is 18.5 Å². The Morgan fingerprint density at radius 3 is 2.38 bits per heavy atom. The van der Waals surface area contributed by atoms with Gasteiger partial charge in [-0.15, -0.1) is 11.3 Å². The molecule has 8 nitrogen and oxygen atoms in total. The van der Waals surface area contributed by atoms with Crippen LogP contribution in [0.15, 0.2) is 78.2 Å². The second kappa shape index (κ2) is 15.0. The van der Waals surface area contributed by atoms with Gasteiger partial charge < -0.3 is 25.3 Å². The topological polar surface area (TPSA) is 106 Å². The molecule has 0 bridgehead atoms. The van der Waals surface area contributed by atoms with Crippen LogP contribution >= 0.6 is 23.1 Å². The number of rotatable bonds is 13. The molecule has 0 radical (unpaired) electrons. The van der Waals surface area contributed by atoms with E-state index < -0.39 is 6.29 Å². The fraction of sp³-hybridized carbons (Fsp3) is 0.344. The third kappa shape index (κ3) is 8.02. The highest BCUT2D eigenvalue weighted by Gasteiger charge is 2.18. The zero-order valence-corrected chi connectivity index (χ0v) is 25.4. The standard InChI is InChI=1S/C32H37N5O3S2/c1-2-3-6-29(40-27-13-9-24(10-14-27)31(33)36-38)39-26-11-7-23(8-12-26)30-28(15-17-37-18-20-41-21-19-37)42-32(35-30)25-5-4-16-34-22-25/h4-5,7-14,16,22,29,38H,2-3,6,15,17-21H2,1H3,(H2,33,36). The Kier molecular flexibility index (Phi) is 10.7. The molecule has 1 saturated heterocycles. The van der Waals surface area contributed by atoms with Gasteiger partial charge in [0.15, 0.2) is 5.84 Å². The number of nitrogens with zero attached hydrogens (tertiary/aromatic N) is 4. The van der Waals surface area contributed by atoms with Crippen molar-refractivity contribution < 1.29 is 14.7 Å². The molecule has 1 atom stereocenters. The van der Waals surface area contributed by atoms with Crippen LogP contribution < -0.4 is 15.2 Å². The van der Waals surface area contributed by atoms with Gasteiger partial charge in [-0.3, -0.25) is 4.98 Å². The van der Waals surface area contributed by atoms with Crippen molar-refractivity contribution in [1.29, 1.82) is 0 Å². The summed E-state index contributed by atoms with van der Waals surface area (Å²) in [4.78, 5) is 13.2. The number of pyridine rings is 1. The van der Waals surface area contributed by atoms with Crippen molar-refractivity contribution in [2.75, 3.05) is 31.1 Å². The SMILES string of the molecule is CCCCC(Oc1ccc(C(N)=NO)cc1)Oc1ccc(-c2nc(-c3cccnc3)sc2CCN2CCSCC2)cc1. The van der Waals surface area contributed by atoms with E-state index in [1.807, 2.05) is 36.2 Å². The second-order valence-corrected chi connectivity index (χ2v) is 12.4. The Bertz CT molecular complexity index is 1420. The van der Waals surface area contributed by atoms with E-state index in [9.17, 15) is 0 Å². The highest BCUT2D eigenvalue weighted by Crippen LogP contribution is 2.35. The molecule has 2 aromatic carbocycles. The maximum atomic E-state index is 8.91. The Morgan fingerprint density at radius 1 is 1.02 bits per heavy atom. The van der Waals surface area contributed by atoms with Crippen molar-refractivity contribution in [3.8, 4) is 33.3 Å². The number of benzene rings is 2. The third-order valence-corrected chi connectivity index (χ3v) is 9.19. The molecule has 1 aliphatic rings. The highest BCUT2D eigenvalue weighted by atomic mass is 32.2. The number of oxime groups is 1. The van der Waals surface area contributed by atoms with Crippen LogP contribution in [0, 0.1) is 0 Å². The van der Waals surface area contributed by atoms with Crippen LogP contribution in [0.25, 0.3) is 21.8 Å². The van der Waals surface area contributed by atoms with E-state index >= 15 is 0 Å². The molecule has 4 aromatic rings. The van der Waals surface area contributed by atoms with Gasteiger partial charge in [0.05, 0.1) is 5.69 Å². The lowest BCUT2D eigenvalue weighted by Gasteiger charge is -2.25. The molecule has 220 valence electrons. The molecular formula is C32H37N5O3S2. The number of aromatic nitrogens is 2. The lowest BCUT2D eigenvalue weighted by Crippen LogP contribution is -2.34. The molecular weight excluding hydrogens is 567 g/mol. The maximum Gasteiger partial charge on any atom is 0.241 e. The van der Waals surface area contributed by atoms with Crippen LogP contribution in [-0.2, 0) is 6.42 Å². The summed E-state index contributed by atoms with van der Waals surface area (Å²) in [5.41, 5.74) is 9.45. The minimum atomic E-state index is -0.444. The monoisotopic (exact) mass is 603 g/mol. The van der Waals surface area contributed by atoms with Gasteiger partial charge in [0.1, 0.15) is 16.5 Å². The van der Waals surface area contributed by atoms with Crippen molar-refractivity contribution in [2.24, 2.45) is 10.9 Å². The maximum absolute atomic E-state index is 8.91. The number of hydrogen-bond acceptors (Lipinski definition) is 9. The summed E-state index contributed by atoms with van der Waals surface area (Å²) in [6.45, 7) is 5.49. The normalized spacial score (nSPS) is 14.9. The van der Waals surface area contributed by atoms with E-state index in [1.54, 1.807) is 41.8 Å². The molecule has 0 aliphatic carbocycles. The van der Waals surface area contributed by atoms with Crippen molar-refractivity contribution in [1.82, 2.24) is 14.9 Å². The van der Waals surface area contributed by atoms with E-state index in [2.05, 4.69) is 40.2 Å². The van der Waals surface area contributed by atoms with Crippen LogP contribution in [0.4, 0.5) is 0 Å². The summed E-state index contributed by atoms with van der Waals surface area (Å²) in [6, 6.07) is 19.3. The summed E-state index contributed by atoms with van der Waals surface area (Å²) < 4.78 is 12.5. The summed E-state index contributed by atoms with van der Waals surface area (Å²) in [7, 11) is 0. The molecule has 0 amide bonds. The number of hydrogen-bond donors (Lipinski definition) is 2. The number of thioether (sulfide) groups is 1. The molecule has 2 aromatic heterocycles. The summed E-state index contributed by atoms with van der Waals surface area (Å²) >= 11 is 3.80. The number of nitrogens with two attached hydrogens (primary N) is 1. The molecule has 0 saturated carbocycles. The van der Waals surface area contributed by atoms with Gasteiger partial charge in [0, 0.05) is 71.5 Å². The first kappa shape index (κ1) is 29.9. The predicted molar refractivity (Wildman–Crippen MR) is 172 cm³/mol. The predicted octanol–water partition coefficient (Wildman–Crippen LogP) is 6.53. The Balaban J connectivity index is 1.32. The van der Waals surface area contributed by atoms with Crippen LogP contribution in [0.2, 0.25) is 0 Å². The number of thiazole rings is 1. The van der Waals surface area contributed by atoms with Crippen LogP contribution in [-0.4, -0.2) is 63.3 Å². The van der Waals surface area contributed by atoms with Crippen LogP contribution in [0.3, 0.4) is 0 Å². The third-order valence-electron chi connectivity index (χ3n) is 7.08. The minimum Gasteiger partial charge on any atom is -0.455 e. The van der Waals surface area contributed by atoms with Crippen LogP contribution in [0.5, 0.6) is 11.5 Å². The molecule has 1 unspecified atom stereocenters. The molecule has 0 spiro atoms. The van der Waals surface area contributed by atoms with E-state index in [-0.39, 0.29) is 5.84 Å². The van der Waals surface area contributed by atoms with Crippen LogP contribution in [0.1, 0.15) is 36.6 Å². The Hall–Kier alpha value is -3.60. The summed E-state index contributed by atoms with van der Waals surface area (Å²) in [5, 5.41) is 13.0. The molecule has 10 heteroatoms. The average molecular weight is 604 g/mol. The van der Waals surface area contributed by atoms with E-state index in [0.29, 0.717) is 11.3 Å². The van der Waals surface area contributed by atoms with Gasteiger partial charge >= 0.3 is 0 Å². The van der Waals surface area contributed by atoms with Gasteiger partial charge in [0.25, 0.3) is 0 Å². The molecule has 1 aliphatic heterocycles. The quantitative estimate of drug-likeness (QED) is 0.0584. The summed E-state index contributed by atoms with van der Waals surface area (Å²) in [5.74, 6) is 3.87. The van der Waals surface area contributed by atoms with Gasteiger partial charge in [-0.2, -0.15) is 11.8 Å². The van der Waals surface area contributed by atoms with E-state index in [4.69, 9.17) is 25.4 Å². The first-order chi connectivity index (χ1) is 20.6. The minimum absolute atomic E-state index is 0.0573. The fourth-order valence-corrected chi connectivity index (χ4v) is 6.75. The van der Waals surface area contributed by atoms with Crippen molar-refractivity contribution >= 4 is 28.9 Å². The molecule has 3 N–H and O–H groups in total. The molecule has 42 heavy (non-hydrogen) atoms. The smallest absolute Gasteiger partial charge is 0.241 e. The first-order valence-corrected chi connectivity index (χ1v) is 16.3. The fourth-order valence-electron chi connectivity index (χ4n) is 4.71. The lowest BCUT2D eigenvalue weighted by atomic mass is 10.1. The number of ether oxygens (including phenoxy) is 2. The zero-order chi connectivity index (χ0) is 29.1. The molecule has 5 rings (SSSR count). The zero-order valence-electron chi connectivity index (χ0n) is 23.8. The Morgan fingerprint density at radius 2 is 1.74 bits per heavy atom. The van der Waals surface area contributed by atoms with Crippen molar-refractivity contribution in [2.45, 2.75) is 38.9 Å². The first-order valence-electron chi connectivity index (χ1n) is 14.3. The molecule has 3 heterocycles. The van der Waals surface area contributed by atoms with Crippen molar-refractivity contribution in [3.05, 3.63) is 83.5 Å². The van der Waals surface area contributed by atoms with Crippen molar-refractivity contribution in [3.63, 3.8) is 0 Å². The second-order valence-electron chi connectivity index (χ2n) is 10.1. The Labute approximate surface area is 255 Å². The number of unbranched alkanes of at least 4 members (excludes halogenated alkanes) is 1. The number of amidine groups is 1. The lowest BCUT2D eigenvalue weighted by molar-refractivity contribution is -0.00211.